The average Bonchev–Trinajstić information content (AvgIpc) is 2.18. The highest BCUT2D eigenvalue weighted by molar-refractivity contribution is 6.30. The third-order valence-electron chi connectivity index (χ3n) is 1.88. The van der Waals surface area contributed by atoms with Crippen LogP contribution in [-0.4, -0.2) is 25.7 Å². The summed E-state index contributed by atoms with van der Waals surface area (Å²) in [5, 5.41) is 3.36. The van der Waals surface area contributed by atoms with Gasteiger partial charge in [-0.15, -0.1) is 0 Å². The van der Waals surface area contributed by atoms with E-state index in [0.717, 1.165) is 0 Å². The molecule has 15 heavy (non-hydrogen) atoms. The molecule has 0 unspecified atom stereocenters. The summed E-state index contributed by atoms with van der Waals surface area (Å²) in [6, 6.07) is 6.83. The molecule has 0 heterocycles. The van der Waals surface area contributed by atoms with Gasteiger partial charge in [-0.3, -0.25) is 4.79 Å². The number of amides is 1. The van der Waals surface area contributed by atoms with E-state index in [0.29, 0.717) is 17.2 Å². The fraction of sp³-hybridized carbons (Fsp3) is 0.364. The van der Waals surface area contributed by atoms with Gasteiger partial charge in [-0.05, 0) is 25.1 Å². The lowest BCUT2D eigenvalue weighted by atomic mass is 10.2. The lowest BCUT2D eigenvalue weighted by Gasteiger charge is -2.12. The van der Waals surface area contributed by atoms with Crippen molar-refractivity contribution in [2.24, 2.45) is 0 Å². The summed E-state index contributed by atoms with van der Waals surface area (Å²) in [5.41, 5.74) is 0.561. The summed E-state index contributed by atoms with van der Waals surface area (Å²) < 4.78 is 4.92. The molecule has 1 atom stereocenters. The van der Waals surface area contributed by atoms with Gasteiger partial charge in [0.15, 0.2) is 0 Å². The zero-order valence-corrected chi connectivity index (χ0v) is 9.54. The van der Waals surface area contributed by atoms with Crippen molar-refractivity contribution in [3.8, 4) is 0 Å². The minimum atomic E-state index is -0.137. The van der Waals surface area contributed by atoms with Crippen LogP contribution in [0.1, 0.15) is 17.3 Å². The lowest BCUT2D eigenvalue weighted by molar-refractivity contribution is 0.0905. The molecule has 0 spiro atoms. The Balaban J connectivity index is 2.61. The van der Waals surface area contributed by atoms with Crippen molar-refractivity contribution >= 4 is 17.5 Å². The molecule has 0 aliphatic rings. The van der Waals surface area contributed by atoms with E-state index in [4.69, 9.17) is 16.3 Å². The molecule has 1 aromatic rings. The molecule has 0 radical (unpaired) electrons. The first-order chi connectivity index (χ1) is 7.13. The van der Waals surface area contributed by atoms with E-state index in [-0.39, 0.29) is 11.9 Å². The Labute approximate surface area is 94.4 Å². The highest BCUT2D eigenvalue weighted by Crippen LogP contribution is 2.10. The minimum Gasteiger partial charge on any atom is -0.383 e. The van der Waals surface area contributed by atoms with Gasteiger partial charge in [-0.2, -0.15) is 0 Å². The maximum atomic E-state index is 11.7. The first-order valence-electron chi connectivity index (χ1n) is 4.69. The maximum absolute atomic E-state index is 11.7. The topological polar surface area (TPSA) is 38.3 Å². The van der Waals surface area contributed by atoms with Gasteiger partial charge < -0.3 is 10.1 Å². The number of benzene rings is 1. The smallest absolute Gasteiger partial charge is 0.251 e. The predicted octanol–water partition coefficient (Wildman–Crippen LogP) is 2.10. The molecular formula is C11H14ClNO2. The number of hydrogen-bond donors (Lipinski definition) is 1. The van der Waals surface area contributed by atoms with Crippen LogP contribution in [0.2, 0.25) is 5.02 Å². The van der Waals surface area contributed by atoms with E-state index in [2.05, 4.69) is 5.32 Å². The predicted molar refractivity (Wildman–Crippen MR) is 60.3 cm³/mol. The minimum absolute atomic E-state index is 0.0125. The van der Waals surface area contributed by atoms with E-state index in [1.165, 1.54) is 0 Å². The second-order valence-corrected chi connectivity index (χ2v) is 3.78. The van der Waals surface area contributed by atoms with Gasteiger partial charge in [0.1, 0.15) is 0 Å². The lowest BCUT2D eigenvalue weighted by Crippen LogP contribution is -2.35. The summed E-state index contributed by atoms with van der Waals surface area (Å²) >= 11 is 5.78. The number of carbonyl (C=O) groups is 1. The molecule has 0 fully saturated rings. The largest absolute Gasteiger partial charge is 0.383 e. The van der Waals surface area contributed by atoms with E-state index in [1.807, 2.05) is 6.92 Å². The first-order valence-corrected chi connectivity index (χ1v) is 5.06. The van der Waals surface area contributed by atoms with Crippen molar-refractivity contribution < 1.29 is 9.53 Å². The van der Waals surface area contributed by atoms with Gasteiger partial charge in [-0.25, -0.2) is 0 Å². The molecular weight excluding hydrogens is 214 g/mol. The number of ether oxygens (including phenoxy) is 1. The third kappa shape index (κ3) is 3.90. The molecule has 1 aromatic carbocycles. The van der Waals surface area contributed by atoms with Crippen molar-refractivity contribution in [3.05, 3.63) is 34.9 Å². The number of hydrogen-bond acceptors (Lipinski definition) is 2. The Bertz CT molecular complexity index is 341. The van der Waals surface area contributed by atoms with Gasteiger partial charge in [-0.1, -0.05) is 17.7 Å². The van der Waals surface area contributed by atoms with Crippen molar-refractivity contribution in [2.45, 2.75) is 13.0 Å². The van der Waals surface area contributed by atoms with Crippen LogP contribution in [0.15, 0.2) is 24.3 Å². The van der Waals surface area contributed by atoms with Gasteiger partial charge in [0.05, 0.1) is 6.61 Å². The molecule has 1 amide bonds. The van der Waals surface area contributed by atoms with Crippen molar-refractivity contribution in [3.63, 3.8) is 0 Å². The Hall–Kier alpha value is -1.06. The van der Waals surface area contributed by atoms with Gasteiger partial charge in [0.25, 0.3) is 5.91 Å². The Morgan fingerprint density at radius 1 is 1.60 bits per heavy atom. The number of halogens is 1. The summed E-state index contributed by atoms with van der Waals surface area (Å²) in [6.07, 6.45) is 0. The molecule has 0 saturated heterocycles. The van der Waals surface area contributed by atoms with E-state index >= 15 is 0 Å². The first kappa shape index (κ1) is 12.0. The molecule has 0 bridgehead atoms. The van der Waals surface area contributed by atoms with Gasteiger partial charge in [0.2, 0.25) is 0 Å². The highest BCUT2D eigenvalue weighted by Gasteiger charge is 2.09. The van der Waals surface area contributed by atoms with Crippen molar-refractivity contribution in [2.75, 3.05) is 13.7 Å². The molecule has 0 aliphatic carbocycles. The van der Waals surface area contributed by atoms with Crippen LogP contribution in [0.3, 0.4) is 0 Å². The van der Waals surface area contributed by atoms with Crippen LogP contribution in [0, 0.1) is 0 Å². The van der Waals surface area contributed by atoms with Crippen LogP contribution < -0.4 is 5.32 Å². The summed E-state index contributed by atoms with van der Waals surface area (Å²) in [4.78, 5) is 11.7. The van der Waals surface area contributed by atoms with Crippen molar-refractivity contribution in [1.29, 1.82) is 0 Å². The number of methoxy groups -OCH3 is 1. The number of nitrogens with one attached hydrogen (secondary N) is 1. The highest BCUT2D eigenvalue weighted by atomic mass is 35.5. The third-order valence-corrected chi connectivity index (χ3v) is 2.12. The van der Waals surface area contributed by atoms with Gasteiger partial charge in [0, 0.05) is 23.7 Å². The van der Waals surface area contributed by atoms with Crippen molar-refractivity contribution in [1.82, 2.24) is 5.32 Å². The second kappa shape index (κ2) is 5.73. The number of rotatable bonds is 4. The molecule has 0 aliphatic heterocycles. The van der Waals surface area contributed by atoms with E-state index < -0.39 is 0 Å². The Morgan fingerprint density at radius 2 is 2.33 bits per heavy atom. The second-order valence-electron chi connectivity index (χ2n) is 3.34. The van der Waals surface area contributed by atoms with E-state index in [1.54, 1.807) is 31.4 Å². The maximum Gasteiger partial charge on any atom is 0.251 e. The SMILES string of the molecule is COC[C@H](C)NC(=O)c1cccc(Cl)c1. The zero-order chi connectivity index (χ0) is 11.3. The molecule has 0 aromatic heterocycles. The molecule has 1 N–H and O–H groups in total. The monoisotopic (exact) mass is 227 g/mol. The fourth-order valence-electron chi connectivity index (χ4n) is 1.23. The quantitative estimate of drug-likeness (QED) is 0.856. The van der Waals surface area contributed by atoms with E-state index in [9.17, 15) is 4.79 Å². The van der Waals surface area contributed by atoms with Crippen LogP contribution >= 0.6 is 11.6 Å². The molecule has 1 rings (SSSR count). The van der Waals surface area contributed by atoms with Crippen LogP contribution in [0.5, 0.6) is 0 Å². The molecule has 82 valence electrons. The Morgan fingerprint density at radius 3 is 2.93 bits per heavy atom. The van der Waals surface area contributed by atoms with Crippen LogP contribution in [0.25, 0.3) is 0 Å². The van der Waals surface area contributed by atoms with Gasteiger partial charge >= 0.3 is 0 Å². The Kier molecular flexibility index (Phi) is 4.59. The molecule has 0 saturated carbocycles. The summed E-state index contributed by atoms with van der Waals surface area (Å²) in [5.74, 6) is -0.137. The van der Waals surface area contributed by atoms with Crippen LogP contribution in [-0.2, 0) is 4.74 Å². The number of carbonyl (C=O) groups excluding carboxylic acids is 1. The summed E-state index contributed by atoms with van der Waals surface area (Å²) in [7, 11) is 1.60. The average molecular weight is 228 g/mol. The standard InChI is InChI=1S/C11H14ClNO2/c1-8(7-15-2)13-11(14)9-4-3-5-10(12)6-9/h3-6,8H,7H2,1-2H3,(H,13,14)/t8-/m0/s1. The van der Waals surface area contributed by atoms with Crippen LogP contribution in [0.4, 0.5) is 0 Å². The molecule has 4 heteroatoms. The fourth-order valence-corrected chi connectivity index (χ4v) is 1.42. The normalized spacial score (nSPS) is 12.2. The summed E-state index contributed by atoms with van der Waals surface area (Å²) in [6.45, 7) is 2.37. The zero-order valence-electron chi connectivity index (χ0n) is 8.79. The molecule has 3 nitrogen and oxygen atoms in total.